The predicted molar refractivity (Wildman–Crippen MR) is 107 cm³/mol. The lowest BCUT2D eigenvalue weighted by molar-refractivity contribution is 0.0975. The molecule has 29 heavy (non-hydrogen) atoms. The largest absolute Gasteiger partial charge is 0.504 e. The van der Waals surface area contributed by atoms with Crippen molar-refractivity contribution in [2.24, 2.45) is 0 Å². The number of carbonyl (C=O) groups excluding carboxylic acids is 1. The third-order valence-corrected chi connectivity index (χ3v) is 5.08. The predicted octanol–water partition coefficient (Wildman–Crippen LogP) is 3.90. The van der Waals surface area contributed by atoms with E-state index in [4.69, 9.17) is 14.2 Å². The van der Waals surface area contributed by atoms with Crippen LogP contribution in [0.15, 0.2) is 60.7 Å². The highest BCUT2D eigenvalue weighted by atomic mass is 16.7. The Morgan fingerprint density at radius 3 is 2.76 bits per heavy atom. The summed E-state index contributed by atoms with van der Waals surface area (Å²) in [6.45, 7) is 0.159. The van der Waals surface area contributed by atoms with Gasteiger partial charge in [0, 0.05) is 11.8 Å². The zero-order valence-electron chi connectivity index (χ0n) is 15.6. The lowest BCUT2D eigenvalue weighted by atomic mass is 10.0. The molecule has 0 spiro atoms. The maximum atomic E-state index is 13.5. The first-order valence-corrected chi connectivity index (χ1v) is 9.11. The fourth-order valence-electron chi connectivity index (χ4n) is 3.65. The maximum Gasteiger partial charge on any atom is 0.262 e. The topological polar surface area (TPSA) is 80.3 Å². The Morgan fingerprint density at radius 1 is 1.07 bits per heavy atom. The molecule has 0 bridgehead atoms. The molecule has 3 aromatic rings. The van der Waals surface area contributed by atoms with E-state index in [1.54, 1.807) is 41.3 Å². The van der Waals surface area contributed by atoms with Crippen LogP contribution >= 0.6 is 0 Å². The number of anilines is 2. The SMILES string of the molecule is COc1cc([C@@H]2Nc3ccccc3C(=O)N2c2ccc3c(c2)OCO3)ccc1O. The number of ether oxygens (including phenoxy) is 3. The number of hydrogen-bond acceptors (Lipinski definition) is 6. The molecule has 0 saturated carbocycles. The molecule has 2 aliphatic heterocycles. The minimum Gasteiger partial charge on any atom is -0.504 e. The summed E-state index contributed by atoms with van der Waals surface area (Å²) in [5, 5.41) is 13.4. The number of phenols is 1. The fraction of sp³-hybridized carbons (Fsp3) is 0.136. The van der Waals surface area contributed by atoms with E-state index in [1.165, 1.54) is 7.11 Å². The van der Waals surface area contributed by atoms with Crippen molar-refractivity contribution in [2.45, 2.75) is 6.17 Å². The van der Waals surface area contributed by atoms with Crippen molar-refractivity contribution >= 4 is 17.3 Å². The molecule has 5 rings (SSSR count). The molecule has 1 amide bonds. The number of phenolic OH excluding ortho intramolecular Hbond substituents is 1. The summed E-state index contributed by atoms with van der Waals surface area (Å²) >= 11 is 0. The van der Waals surface area contributed by atoms with E-state index in [-0.39, 0.29) is 18.4 Å². The van der Waals surface area contributed by atoms with Gasteiger partial charge in [-0.2, -0.15) is 0 Å². The number of rotatable bonds is 3. The highest BCUT2D eigenvalue weighted by molar-refractivity contribution is 6.12. The van der Waals surface area contributed by atoms with Crippen molar-refractivity contribution in [1.82, 2.24) is 0 Å². The Kier molecular flexibility index (Phi) is 3.94. The van der Waals surface area contributed by atoms with Crippen molar-refractivity contribution < 1.29 is 24.1 Å². The monoisotopic (exact) mass is 390 g/mol. The summed E-state index contributed by atoms with van der Waals surface area (Å²) in [6.07, 6.45) is -0.507. The standard InChI is InChI=1S/C22H18N2O5/c1-27-19-10-13(6-8-17(19)25)21-23-16-5-3-2-4-15(16)22(26)24(21)14-7-9-18-20(11-14)29-12-28-18/h2-11,21,23,25H,12H2,1H3/t21-/m1/s1. The summed E-state index contributed by atoms with van der Waals surface area (Å²) < 4.78 is 16.1. The number of methoxy groups -OCH3 is 1. The van der Waals surface area contributed by atoms with Gasteiger partial charge in [0.05, 0.1) is 18.4 Å². The van der Waals surface area contributed by atoms with E-state index in [9.17, 15) is 9.90 Å². The molecule has 7 nitrogen and oxygen atoms in total. The van der Waals surface area contributed by atoms with Crippen molar-refractivity contribution in [3.63, 3.8) is 0 Å². The van der Waals surface area contributed by atoms with Crippen molar-refractivity contribution in [3.8, 4) is 23.0 Å². The first-order valence-electron chi connectivity index (χ1n) is 9.11. The molecule has 2 aliphatic rings. The van der Waals surface area contributed by atoms with Gasteiger partial charge in [-0.05, 0) is 42.0 Å². The van der Waals surface area contributed by atoms with Crippen LogP contribution < -0.4 is 24.4 Å². The second kappa shape index (κ2) is 6.63. The summed E-state index contributed by atoms with van der Waals surface area (Å²) in [7, 11) is 1.49. The van der Waals surface area contributed by atoms with Gasteiger partial charge in [-0.15, -0.1) is 0 Å². The molecule has 7 heteroatoms. The Hall–Kier alpha value is -3.87. The van der Waals surface area contributed by atoms with Gasteiger partial charge in [0.25, 0.3) is 5.91 Å². The van der Waals surface area contributed by atoms with Crippen LogP contribution in [0.25, 0.3) is 0 Å². The van der Waals surface area contributed by atoms with Gasteiger partial charge in [0.1, 0.15) is 6.17 Å². The van der Waals surface area contributed by atoms with Crippen LogP contribution in [0.1, 0.15) is 22.1 Å². The number of fused-ring (bicyclic) bond motifs is 2. The van der Waals surface area contributed by atoms with Crippen molar-refractivity contribution in [3.05, 3.63) is 71.8 Å². The third kappa shape index (κ3) is 2.79. The van der Waals surface area contributed by atoms with Crippen LogP contribution in [0, 0.1) is 0 Å². The molecule has 3 aromatic carbocycles. The Morgan fingerprint density at radius 2 is 1.90 bits per heavy atom. The van der Waals surface area contributed by atoms with Crippen molar-refractivity contribution in [2.75, 3.05) is 24.1 Å². The van der Waals surface area contributed by atoms with Gasteiger partial charge >= 0.3 is 0 Å². The highest BCUT2D eigenvalue weighted by Gasteiger charge is 2.35. The fourth-order valence-corrected chi connectivity index (χ4v) is 3.65. The van der Waals surface area contributed by atoms with Gasteiger partial charge in [-0.25, -0.2) is 0 Å². The second-order valence-corrected chi connectivity index (χ2v) is 6.74. The minimum atomic E-state index is -0.507. The van der Waals surface area contributed by atoms with Crippen molar-refractivity contribution in [1.29, 1.82) is 0 Å². The molecular weight excluding hydrogens is 372 g/mol. The average molecular weight is 390 g/mol. The number of para-hydroxylation sites is 1. The molecule has 0 unspecified atom stereocenters. The number of benzene rings is 3. The molecular formula is C22H18N2O5. The molecule has 146 valence electrons. The molecule has 0 saturated heterocycles. The van der Waals surface area contributed by atoms with Crippen LogP contribution in [0.5, 0.6) is 23.0 Å². The first kappa shape index (κ1) is 17.2. The number of aromatic hydroxyl groups is 1. The molecule has 0 fully saturated rings. The summed E-state index contributed by atoms with van der Waals surface area (Å²) in [5.74, 6) is 1.47. The molecule has 0 aromatic heterocycles. The highest BCUT2D eigenvalue weighted by Crippen LogP contribution is 2.42. The molecule has 1 atom stereocenters. The van der Waals surface area contributed by atoms with E-state index >= 15 is 0 Å². The third-order valence-electron chi connectivity index (χ3n) is 5.08. The van der Waals surface area contributed by atoms with Crippen LogP contribution in [-0.2, 0) is 0 Å². The summed E-state index contributed by atoms with van der Waals surface area (Å²) in [4.78, 5) is 15.1. The zero-order valence-corrected chi connectivity index (χ0v) is 15.6. The average Bonchev–Trinajstić information content (AvgIpc) is 3.22. The number of carbonyl (C=O) groups is 1. The number of nitrogens with zero attached hydrogens (tertiary/aromatic N) is 1. The lowest BCUT2D eigenvalue weighted by Crippen LogP contribution is -2.43. The molecule has 0 radical (unpaired) electrons. The van der Waals surface area contributed by atoms with Crippen LogP contribution in [0.3, 0.4) is 0 Å². The number of amides is 1. The molecule has 0 aliphatic carbocycles. The summed E-state index contributed by atoms with van der Waals surface area (Å²) in [5.41, 5.74) is 2.75. The second-order valence-electron chi connectivity index (χ2n) is 6.74. The van der Waals surface area contributed by atoms with Gasteiger partial charge in [0.2, 0.25) is 6.79 Å². The number of nitrogens with one attached hydrogen (secondary N) is 1. The lowest BCUT2D eigenvalue weighted by Gasteiger charge is -2.38. The van der Waals surface area contributed by atoms with Gasteiger partial charge in [-0.3, -0.25) is 9.69 Å². The van der Waals surface area contributed by atoms with Gasteiger partial charge < -0.3 is 24.6 Å². The van der Waals surface area contributed by atoms with Crippen LogP contribution in [-0.4, -0.2) is 24.9 Å². The number of hydrogen-bond donors (Lipinski definition) is 2. The zero-order chi connectivity index (χ0) is 20.0. The van der Waals surface area contributed by atoms with E-state index < -0.39 is 6.17 Å². The minimum absolute atomic E-state index is 0.0356. The van der Waals surface area contributed by atoms with E-state index in [0.717, 1.165) is 11.3 Å². The maximum absolute atomic E-state index is 13.5. The van der Waals surface area contributed by atoms with E-state index in [1.807, 2.05) is 24.3 Å². The molecule has 2 heterocycles. The Balaban J connectivity index is 1.65. The molecule has 2 N–H and O–H groups in total. The first-order chi connectivity index (χ1) is 14.2. The van der Waals surface area contributed by atoms with Crippen LogP contribution in [0.2, 0.25) is 0 Å². The van der Waals surface area contributed by atoms with E-state index in [2.05, 4.69) is 5.32 Å². The van der Waals surface area contributed by atoms with E-state index in [0.29, 0.717) is 28.5 Å². The quantitative estimate of drug-likeness (QED) is 0.706. The summed E-state index contributed by atoms with van der Waals surface area (Å²) in [6, 6.07) is 17.8. The van der Waals surface area contributed by atoms with Gasteiger partial charge in [-0.1, -0.05) is 18.2 Å². The Labute approximate surface area is 167 Å². The normalized spacial score (nSPS) is 16.9. The smallest absolute Gasteiger partial charge is 0.262 e. The van der Waals surface area contributed by atoms with Crippen LogP contribution in [0.4, 0.5) is 11.4 Å². The van der Waals surface area contributed by atoms with Gasteiger partial charge in [0.15, 0.2) is 23.0 Å². The Bertz CT molecular complexity index is 1110.